The lowest BCUT2D eigenvalue weighted by atomic mass is 9.94. The Bertz CT molecular complexity index is 693. The predicted molar refractivity (Wildman–Crippen MR) is 80.6 cm³/mol. The first kappa shape index (κ1) is 15.5. The van der Waals surface area contributed by atoms with Gasteiger partial charge in [-0.05, 0) is 25.0 Å². The molecule has 1 aliphatic heterocycles. The van der Waals surface area contributed by atoms with Gasteiger partial charge < -0.3 is 4.90 Å². The molecule has 1 amide bonds. The molecule has 1 unspecified atom stereocenters. The van der Waals surface area contributed by atoms with Crippen LogP contribution in [0.25, 0.3) is 0 Å². The molecule has 1 atom stereocenters. The quantitative estimate of drug-likeness (QED) is 0.874. The number of hydrogen-bond donors (Lipinski definition) is 0. The first-order valence-corrected chi connectivity index (χ1v) is 7.61. The van der Waals surface area contributed by atoms with Crippen molar-refractivity contribution in [2.24, 2.45) is 0 Å². The molecule has 4 nitrogen and oxygen atoms in total. The van der Waals surface area contributed by atoms with Crippen LogP contribution in [-0.4, -0.2) is 33.9 Å². The fourth-order valence-electron chi connectivity index (χ4n) is 2.95. The van der Waals surface area contributed by atoms with Gasteiger partial charge in [0.25, 0.3) is 0 Å². The standard InChI is InChI=1S/C17H17F2N3O/c18-14-5-1-3-12(17(14)19)9-16(23)22-8-2-4-13(10-22)15-6-7-20-11-21-15/h1,3,5-7,11,13H,2,4,8-10H2. The number of amides is 1. The number of rotatable bonds is 3. The summed E-state index contributed by atoms with van der Waals surface area (Å²) in [5.41, 5.74) is 1.01. The molecule has 3 rings (SSSR count). The number of carbonyl (C=O) groups is 1. The van der Waals surface area contributed by atoms with Crippen LogP contribution in [0.2, 0.25) is 0 Å². The first-order valence-electron chi connectivity index (χ1n) is 7.61. The molecule has 0 saturated carbocycles. The van der Waals surface area contributed by atoms with Crippen molar-refractivity contribution in [2.75, 3.05) is 13.1 Å². The van der Waals surface area contributed by atoms with Gasteiger partial charge in [-0.25, -0.2) is 18.7 Å². The zero-order chi connectivity index (χ0) is 16.2. The number of aromatic nitrogens is 2. The van der Waals surface area contributed by atoms with Crippen LogP contribution in [0.15, 0.2) is 36.8 Å². The molecule has 0 spiro atoms. The molecule has 1 fully saturated rings. The maximum Gasteiger partial charge on any atom is 0.227 e. The Labute approximate surface area is 133 Å². The molecule has 1 saturated heterocycles. The number of carbonyl (C=O) groups excluding carboxylic acids is 1. The predicted octanol–water partition coefficient (Wildman–Crippen LogP) is 2.70. The van der Waals surface area contributed by atoms with Crippen molar-refractivity contribution in [1.82, 2.24) is 14.9 Å². The molecule has 120 valence electrons. The van der Waals surface area contributed by atoms with Crippen LogP contribution >= 0.6 is 0 Å². The number of hydrogen-bond acceptors (Lipinski definition) is 3. The lowest BCUT2D eigenvalue weighted by molar-refractivity contribution is -0.131. The molecule has 0 radical (unpaired) electrons. The average Bonchev–Trinajstić information content (AvgIpc) is 2.60. The SMILES string of the molecule is O=C(Cc1cccc(F)c1F)N1CCCC(c2ccncn2)C1. The summed E-state index contributed by atoms with van der Waals surface area (Å²) in [5.74, 6) is -1.89. The molecule has 1 aromatic heterocycles. The van der Waals surface area contributed by atoms with Gasteiger partial charge in [0.05, 0.1) is 6.42 Å². The van der Waals surface area contributed by atoms with Crippen molar-refractivity contribution in [2.45, 2.75) is 25.2 Å². The van der Waals surface area contributed by atoms with E-state index in [0.29, 0.717) is 13.1 Å². The summed E-state index contributed by atoms with van der Waals surface area (Å²) in [5, 5.41) is 0. The fourth-order valence-corrected chi connectivity index (χ4v) is 2.95. The Morgan fingerprint density at radius 1 is 1.30 bits per heavy atom. The second-order valence-electron chi connectivity index (χ2n) is 5.70. The summed E-state index contributed by atoms with van der Waals surface area (Å²) in [6.07, 6.45) is 4.88. The van der Waals surface area contributed by atoms with Crippen LogP contribution in [0.5, 0.6) is 0 Å². The fraction of sp³-hybridized carbons (Fsp3) is 0.353. The van der Waals surface area contributed by atoms with Gasteiger partial charge in [-0.15, -0.1) is 0 Å². The van der Waals surface area contributed by atoms with Crippen molar-refractivity contribution in [3.8, 4) is 0 Å². The van der Waals surface area contributed by atoms with E-state index in [4.69, 9.17) is 0 Å². The Morgan fingerprint density at radius 3 is 2.96 bits per heavy atom. The first-order chi connectivity index (χ1) is 11.1. The van der Waals surface area contributed by atoms with E-state index in [1.807, 2.05) is 6.07 Å². The molecule has 0 N–H and O–H groups in total. The van der Waals surface area contributed by atoms with Gasteiger partial charge in [-0.2, -0.15) is 0 Å². The van der Waals surface area contributed by atoms with Crippen molar-refractivity contribution < 1.29 is 13.6 Å². The normalized spacial score (nSPS) is 18.0. The summed E-state index contributed by atoms with van der Waals surface area (Å²) in [6, 6.07) is 5.77. The zero-order valence-corrected chi connectivity index (χ0v) is 12.6. The molecule has 0 bridgehead atoms. The summed E-state index contributed by atoms with van der Waals surface area (Å²) in [6.45, 7) is 1.18. The lowest BCUT2D eigenvalue weighted by Crippen LogP contribution is -2.40. The second-order valence-corrected chi connectivity index (χ2v) is 5.70. The minimum Gasteiger partial charge on any atom is -0.342 e. The number of likely N-dealkylation sites (tertiary alicyclic amines) is 1. The highest BCUT2D eigenvalue weighted by Gasteiger charge is 2.26. The molecule has 2 heterocycles. The van der Waals surface area contributed by atoms with Crippen LogP contribution in [0.1, 0.15) is 30.0 Å². The van der Waals surface area contributed by atoms with Crippen molar-refractivity contribution in [3.05, 3.63) is 59.7 Å². The maximum atomic E-state index is 13.7. The Kier molecular flexibility index (Phi) is 4.60. The van der Waals surface area contributed by atoms with E-state index < -0.39 is 11.6 Å². The molecule has 23 heavy (non-hydrogen) atoms. The smallest absolute Gasteiger partial charge is 0.227 e. The van der Waals surface area contributed by atoms with Gasteiger partial charge in [0.15, 0.2) is 11.6 Å². The Morgan fingerprint density at radius 2 is 2.17 bits per heavy atom. The third-order valence-corrected chi connectivity index (χ3v) is 4.17. The average molecular weight is 317 g/mol. The Balaban J connectivity index is 1.69. The van der Waals surface area contributed by atoms with Crippen molar-refractivity contribution >= 4 is 5.91 Å². The van der Waals surface area contributed by atoms with Gasteiger partial charge in [-0.3, -0.25) is 4.79 Å². The van der Waals surface area contributed by atoms with Gasteiger partial charge in [-0.1, -0.05) is 12.1 Å². The highest BCUT2D eigenvalue weighted by atomic mass is 19.2. The monoisotopic (exact) mass is 317 g/mol. The molecule has 2 aromatic rings. The van der Waals surface area contributed by atoms with E-state index in [9.17, 15) is 13.6 Å². The summed E-state index contributed by atoms with van der Waals surface area (Å²) in [7, 11) is 0. The van der Waals surface area contributed by atoms with Gasteiger partial charge in [0.2, 0.25) is 5.91 Å². The van der Waals surface area contributed by atoms with Crippen molar-refractivity contribution in [3.63, 3.8) is 0 Å². The van der Waals surface area contributed by atoms with Gasteiger partial charge in [0, 0.05) is 36.5 Å². The van der Waals surface area contributed by atoms with Crippen LogP contribution < -0.4 is 0 Å². The number of benzene rings is 1. The van der Waals surface area contributed by atoms with E-state index in [1.165, 1.54) is 18.5 Å². The van der Waals surface area contributed by atoms with Crippen LogP contribution in [0, 0.1) is 11.6 Å². The maximum absolute atomic E-state index is 13.7. The van der Waals surface area contributed by atoms with Crippen molar-refractivity contribution in [1.29, 1.82) is 0 Å². The van der Waals surface area contributed by atoms with Crippen LogP contribution in [0.4, 0.5) is 8.78 Å². The molecular weight excluding hydrogens is 300 g/mol. The molecule has 0 aliphatic carbocycles. The summed E-state index contributed by atoms with van der Waals surface area (Å²) < 4.78 is 26.9. The van der Waals surface area contributed by atoms with E-state index in [0.717, 1.165) is 24.6 Å². The van der Waals surface area contributed by atoms with Gasteiger partial charge in [0.1, 0.15) is 6.33 Å². The largest absolute Gasteiger partial charge is 0.342 e. The Hall–Kier alpha value is -2.37. The van der Waals surface area contributed by atoms with Gasteiger partial charge >= 0.3 is 0 Å². The lowest BCUT2D eigenvalue weighted by Gasteiger charge is -2.32. The van der Waals surface area contributed by atoms with E-state index in [2.05, 4.69) is 9.97 Å². The third kappa shape index (κ3) is 3.52. The second kappa shape index (κ2) is 6.81. The minimum absolute atomic E-state index is 0.0964. The molecule has 6 heteroatoms. The minimum atomic E-state index is -0.940. The summed E-state index contributed by atoms with van der Waals surface area (Å²) >= 11 is 0. The van der Waals surface area contributed by atoms with E-state index >= 15 is 0 Å². The highest BCUT2D eigenvalue weighted by molar-refractivity contribution is 5.79. The number of nitrogens with zero attached hydrogens (tertiary/aromatic N) is 3. The molecule has 1 aromatic carbocycles. The highest BCUT2D eigenvalue weighted by Crippen LogP contribution is 2.25. The molecular formula is C17H17F2N3O. The summed E-state index contributed by atoms with van der Waals surface area (Å²) in [4.78, 5) is 22.3. The van der Waals surface area contributed by atoms with Crippen LogP contribution in [-0.2, 0) is 11.2 Å². The van der Waals surface area contributed by atoms with Crippen LogP contribution in [0.3, 0.4) is 0 Å². The van der Waals surface area contributed by atoms with E-state index in [1.54, 1.807) is 11.1 Å². The number of halogens is 2. The molecule has 1 aliphatic rings. The topological polar surface area (TPSA) is 46.1 Å². The third-order valence-electron chi connectivity index (χ3n) is 4.17. The van der Waals surface area contributed by atoms with E-state index in [-0.39, 0.29) is 23.8 Å². The zero-order valence-electron chi connectivity index (χ0n) is 12.6. The number of piperidine rings is 1.